The lowest BCUT2D eigenvalue weighted by molar-refractivity contribution is -0.122. The Bertz CT molecular complexity index is 848. The number of anilines is 2. The first kappa shape index (κ1) is 17.5. The zero-order chi connectivity index (χ0) is 18.1. The van der Waals surface area contributed by atoms with Gasteiger partial charge in [0.05, 0.1) is 11.8 Å². The molecular weight excluding hydrogens is 336 g/mol. The minimum Gasteiger partial charge on any atom is -0.326 e. The second kappa shape index (κ2) is 6.89. The highest BCUT2D eigenvalue weighted by Crippen LogP contribution is 2.40. The number of rotatable bonds is 4. The standard InChI is InChI=1S/C20H21ClN2O2/c1-11-7-8-17(12(2)9-11)22-19(24)14-10-15(14)20(25)23-18-6-4-5-16(21)13(18)3/h4-9,14-15H,10H2,1-3H3,(H,22,24)(H,23,25). The number of benzene rings is 2. The molecule has 4 nitrogen and oxygen atoms in total. The summed E-state index contributed by atoms with van der Waals surface area (Å²) in [6.45, 7) is 5.83. The van der Waals surface area contributed by atoms with Crippen LogP contribution in [0, 0.1) is 32.6 Å². The second-order valence-electron chi connectivity index (χ2n) is 6.66. The van der Waals surface area contributed by atoms with Crippen molar-refractivity contribution in [3.63, 3.8) is 0 Å². The minimum atomic E-state index is -0.288. The van der Waals surface area contributed by atoms with Crippen molar-refractivity contribution in [2.45, 2.75) is 27.2 Å². The number of carbonyl (C=O) groups is 2. The van der Waals surface area contributed by atoms with E-state index >= 15 is 0 Å². The van der Waals surface area contributed by atoms with Gasteiger partial charge in [0.1, 0.15) is 0 Å². The Hall–Kier alpha value is -2.33. The molecule has 2 amide bonds. The summed E-state index contributed by atoms with van der Waals surface area (Å²) in [5.41, 5.74) is 4.49. The molecule has 0 radical (unpaired) electrons. The molecule has 25 heavy (non-hydrogen) atoms. The average Bonchev–Trinajstić information content (AvgIpc) is 3.35. The van der Waals surface area contributed by atoms with E-state index in [1.165, 1.54) is 0 Å². The highest BCUT2D eigenvalue weighted by Gasteiger charge is 2.48. The van der Waals surface area contributed by atoms with E-state index in [1.54, 1.807) is 12.1 Å². The maximum atomic E-state index is 12.4. The van der Waals surface area contributed by atoms with Gasteiger partial charge in [-0.2, -0.15) is 0 Å². The lowest BCUT2D eigenvalue weighted by Crippen LogP contribution is -2.21. The van der Waals surface area contributed by atoms with Crippen LogP contribution in [0.15, 0.2) is 36.4 Å². The number of nitrogens with one attached hydrogen (secondary N) is 2. The van der Waals surface area contributed by atoms with Crippen molar-refractivity contribution in [3.05, 3.63) is 58.1 Å². The highest BCUT2D eigenvalue weighted by atomic mass is 35.5. The van der Waals surface area contributed by atoms with Gasteiger partial charge < -0.3 is 10.6 Å². The van der Waals surface area contributed by atoms with Crippen molar-refractivity contribution in [3.8, 4) is 0 Å². The van der Waals surface area contributed by atoms with Crippen molar-refractivity contribution in [2.75, 3.05) is 10.6 Å². The van der Waals surface area contributed by atoms with E-state index in [2.05, 4.69) is 10.6 Å². The topological polar surface area (TPSA) is 58.2 Å². The lowest BCUT2D eigenvalue weighted by Gasteiger charge is -2.10. The van der Waals surface area contributed by atoms with Gasteiger partial charge in [0, 0.05) is 16.4 Å². The number of aryl methyl sites for hydroxylation is 2. The van der Waals surface area contributed by atoms with Crippen LogP contribution >= 0.6 is 11.6 Å². The third-order valence-corrected chi connectivity index (χ3v) is 5.04. The van der Waals surface area contributed by atoms with Crippen molar-refractivity contribution >= 4 is 34.8 Å². The van der Waals surface area contributed by atoms with Crippen LogP contribution in [-0.4, -0.2) is 11.8 Å². The van der Waals surface area contributed by atoms with Gasteiger partial charge in [-0.15, -0.1) is 0 Å². The fourth-order valence-electron chi connectivity index (χ4n) is 2.92. The molecule has 130 valence electrons. The zero-order valence-corrected chi connectivity index (χ0v) is 15.3. The second-order valence-corrected chi connectivity index (χ2v) is 7.07. The Morgan fingerprint density at radius 3 is 2.24 bits per heavy atom. The molecule has 1 aliphatic carbocycles. The van der Waals surface area contributed by atoms with Gasteiger partial charge in [-0.1, -0.05) is 35.4 Å². The first-order valence-electron chi connectivity index (χ1n) is 8.31. The summed E-state index contributed by atoms with van der Waals surface area (Å²) in [5.74, 6) is -0.801. The molecule has 2 atom stereocenters. The van der Waals surface area contributed by atoms with Gasteiger partial charge in [0.25, 0.3) is 0 Å². The molecule has 3 rings (SSSR count). The molecular formula is C20H21ClN2O2. The van der Waals surface area contributed by atoms with Gasteiger partial charge in [-0.25, -0.2) is 0 Å². The van der Waals surface area contributed by atoms with Crippen molar-refractivity contribution in [1.29, 1.82) is 0 Å². The number of amides is 2. The summed E-state index contributed by atoms with van der Waals surface area (Å²) in [6.07, 6.45) is 0.572. The third kappa shape index (κ3) is 3.85. The van der Waals surface area contributed by atoms with E-state index in [1.807, 2.05) is 45.0 Å². The number of hydrogen-bond acceptors (Lipinski definition) is 2. The van der Waals surface area contributed by atoms with E-state index in [9.17, 15) is 9.59 Å². The quantitative estimate of drug-likeness (QED) is 0.848. The number of hydrogen-bond donors (Lipinski definition) is 2. The van der Waals surface area contributed by atoms with Gasteiger partial charge in [0.2, 0.25) is 11.8 Å². The van der Waals surface area contributed by atoms with Crippen LogP contribution in [0.5, 0.6) is 0 Å². The first-order valence-corrected chi connectivity index (χ1v) is 8.68. The van der Waals surface area contributed by atoms with E-state index in [4.69, 9.17) is 11.6 Å². The Balaban J connectivity index is 1.61. The third-order valence-electron chi connectivity index (χ3n) is 4.63. The largest absolute Gasteiger partial charge is 0.326 e. The molecule has 0 saturated heterocycles. The molecule has 1 fully saturated rings. The van der Waals surface area contributed by atoms with Crippen LogP contribution in [0.4, 0.5) is 11.4 Å². The molecule has 1 saturated carbocycles. The van der Waals surface area contributed by atoms with Crippen LogP contribution in [0.3, 0.4) is 0 Å². The average molecular weight is 357 g/mol. The molecule has 0 heterocycles. The monoisotopic (exact) mass is 356 g/mol. The van der Waals surface area contributed by atoms with E-state index in [-0.39, 0.29) is 23.7 Å². The Morgan fingerprint density at radius 2 is 1.60 bits per heavy atom. The van der Waals surface area contributed by atoms with Crippen LogP contribution in [0.2, 0.25) is 5.02 Å². The molecule has 2 N–H and O–H groups in total. The van der Waals surface area contributed by atoms with Crippen molar-refractivity contribution in [2.24, 2.45) is 11.8 Å². The molecule has 2 aromatic rings. The molecule has 1 aliphatic rings. The van der Waals surface area contributed by atoms with E-state index < -0.39 is 0 Å². The summed E-state index contributed by atoms with van der Waals surface area (Å²) >= 11 is 6.07. The van der Waals surface area contributed by atoms with Gasteiger partial charge in [-0.05, 0) is 56.5 Å². The fraction of sp³-hybridized carbons (Fsp3) is 0.300. The molecule has 2 unspecified atom stereocenters. The molecule has 0 aliphatic heterocycles. The summed E-state index contributed by atoms with van der Waals surface area (Å²) in [4.78, 5) is 24.8. The Morgan fingerprint density at radius 1 is 0.960 bits per heavy atom. The summed E-state index contributed by atoms with van der Waals surface area (Å²) in [6, 6.07) is 11.3. The van der Waals surface area contributed by atoms with Crippen molar-refractivity contribution < 1.29 is 9.59 Å². The first-order chi connectivity index (χ1) is 11.9. The molecule has 0 aromatic heterocycles. The van der Waals surface area contributed by atoms with Gasteiger partial charge in [-0.3, -0.25) is 9.59 Å². The number of carbonyl (C=O) groups excluding carboxylic acids is 2. The number of halogens is 1. The minimum absolute atomic E-state index is 0.102. The van der Waals surface area contributed by atoms with Crippen LogP contribution in [-0.2, 0) is 9.59 Å². The van der Waals surface area contributed by atoms with Gasteiger partial charge in [0.15, 0.2) is 0 Å². The van der Waals surface area contributed by atoms with Crippen LogP contribution < -0.4 is 10.6 Å². The van der Waals surface area contributed by atoms with Crippen LogP contribution in [0.1, 0.15) is 23.1 Å². The van der Waals surface area contributed by atoms with Crippen LogP contribution in [0.25, 0.3) is 0 Å². The van der Waals surface area contributed by atoms with Crippen molar-refractivity contribution in [1.82, 2.24) is 0 Å². The normalized spacial score (nSPS) is 18.6. The zero-order valence-electron chi connectivity index (χ0n) is 14.5. The smallest absolute Gasteiger partial charge is 0.228 e. The molecule has 0 bridgehead atoms. The van der Waals surface area contributed by atoms with E-state index in [0.29, 0.717) is 17.1 Å². The van der Waals surface area contributed by atoms with E-state index in [0.717, 1.165) is 22.4 Å². The summed E-state index contributed by atoms with van der Waals surface area (Å²) in [5, 5.41) is 6.41. The fourth-order valence-corrected chi connectivity index (χ4v) is 3.10. The molecule has 5 heteroatoms. The molecule has 2 aromatic carbocycles. The summed E-state index contributed by atoms with van der Waals surface area (Å²) in [7, 11) is 0. The lowest BCUT2D eigenvalue weighted by atomic mass is 10.1. The molecule has 0 spiro atoms. The maximum absolute atomic E-state index is 12.4. The Labute approximate surface area is 152 Å². The SMILES string of the molecule is Cc1ccc(NC(=O)C2CC2C(=O)Nc2cccc(Cl)c2C)c(C)c1. The van der Waals surface area contributed by atoms with Gasteiger partial charge >= 0.3 is 0 Å². The highest BCUT2D eigenvalue weighted by molar-refractivity contribution is 6.31. The Kier molecular flexibility index (Phi) is 4.82. The predicted molar refractivity (Wildman–Crippen MR) is 101 cm³/mol. The predicted octanol–water partition coefficient (Wildman–Crippen LogP) is 4.48. The summed E-state index contributed by atoms with van der Waals surface area (Å²) < 4.78 is 0. The maximum Gasteiger partial charge on any atom is 0.228 e.